The molecule has 0 fully saturated rings. The Morgan fingerprint density at radius 3 is 2.58 bits per heavy atom. The van der Waals surface area contributed by atoms with Gasteiger partial charge in [0.05, 0.1) is 16.7 Å². The van der Waals surface area contributed by atoms with E-state index in [4.69, 9.17) is 28.3 Å². The molecule has 6 heteroatoms. The van der Waals surface area contributed by atoms with E-state index in [1.54, 1.807) is 18.2 Å². The maximum Gasteiger partial charge on any atom is 0.317 e. The highest BCUT2D eigenvalue weighted by atomic mass is 35.5. The first kappa shape index (κ1) is 16.1. The normalized spacial score (nSPS) is 10.6. The average molecular weight is 305 g/mol. The Morgan fingerprint density at radius 2 is 2.05 bits per heavy atom. The number of aliphatic hydroxyl groups is 1. The van der Waals surface area contributed by atoms with Gasteiger partial charge in [-0.15, -0.1) is 0 Å². The molecule has 0 saturated heterocycles. The highest BCUT2D eigenvalue weighted by molar-refractivity contribution is 6.42. The van der Waals surface area contributed by atoms with Gasteiger partial charge in [-0.1, -0.05) is 29.3 Å². The van der Waals surface area contributed by atoms with Crippen molar-refractivity contribution in [3.05, 3.63) is 33.8 Å². The minimum absolute atomic E-state index is 0.0440. The summed E-state index contributed by atoms with van der Waals surface area (Å²) >= 11 is 11.8. The zero-order valence-electron chi connectivity index (χ0n) is 11.0. The Kier molecular flexibility index (Phi) is 6.42. The van der Waals surface area contributed by atoms with Gasteiger partial charge in [-0.2, -0.15) is 0 Å². The van der Waals surface area contributed by atoms with Crippen molar-refractivity contribution in [1.82, 2.24) is 10.2 Å². The van der Waals surface area contributed by atoms with Crippen molar-refractivity contribution in [2.45, 2.75) is 26.4 Å². The quantitative estimate of drug-likeness (QED) is 0.879. The van der Waals surface area contributed by atoms with Gasteiger partial charge >= 0.3 is 6.03 Å². The van der Waals surface area contributed by atoms with Crippen molar-refractivity contribution in [3.63, 3.8) is 0 Å². The zero-order chi connectivity index (χ0) is 14.4. The van der Waals surface area contributed by atoms with Gasteiger partial charge in [0.15, 0.2) is 0 Å². The fraction of sp³-hybridized carbons (Fsp3) is 0.462. The molecule has 106 valence electrons. The third-order valence-electron chi connectivity index (χ3n) is 2.43. The predicted molar refractivity (Wildman–Crippen MR) is 77.6 cm³/mol. The number of hydrogen-bond donors (Lipinski definition) is 2. The molecule has 2 amide bonds. The first-order valence-corrected chi connectivity index (χ1v) is 6.80. The Balaban J connectivity index is 2.77. The monoisotopic (exact) mass is 304 g/mol. The summed E-state index contributed by atoms with van der Waals surface area (Å²) in [6, 6.07) is 5.05. The molecule has 1 aromatic rings. The first-order chi connectivity index (χ1) is 8.93. The van der Waals surface area contributed by atoms with Crippen molar-refractivity contribution in [2.24, 2.45) is 0 Å². The molecule has 0 aliphatic heterocycles. The largest absolute Gasteiger partial charge is 0.395 e. The smallest absolute Gasteiger partial charge is 0.317 e. The lowest BCUT2D eigenvalue weighted by atomic mass is 10.2. The number of urea groups is 1. The molecule has 0 aliphatic carbocycles. The van der Waals surface area contributed by atoms with Crippen LogP contribution in [0.25, 0.3) is 0 Å². The van der Waals surface area contributed by atoms with Gasteiger partial charge in [0.25, 0.3) is 0 Å². The molecule has 0 spiro atoms. The third-order valence-corrected chi connectivity index (χ3v) is 3.17. The lowest BCUT2D eigenvalue weighted by Crippen LogP contribution is -2.43. The first-order valence-electron chi connectivity index (χ1n) is 6.04. The predicted octanol–water partition coefficient (Wildman–Crippen LogP) is 2.91. The fourth-order valence-corrected chi connectivity index (χ4v) is 1.89. The number of benzene rings is 1. The summed E-state index contributed by atoms with van der Waals surface area (Å²) in [6.07, 6.45) is 0. The van der Waals surface area contributed by atoms with Gasteiger partial charge in [0, 0.05) is 19.1 Å². The molecule has 0 saturated carbocycles. The Hall–Kier alpha value is -0.970. The number of carbonyl (C=O) groups is 1. The number of aliphatic hydroxyl groups excluding tert-OH is 1. The van der Waals surface area contributed by atoms with Crippen LogP contribution in [0.3, 0.4) is 0 Å². The third kappa shape index (κ3) is 5.27. The molecular formula is C13H18Cl2N2O2. The molecule has 0 unspecified atom stereocenters. The summed E-state index contributed by atoms with van der Waals surface area (Å²) in [5.74, 6) is 0. The van der Waals surface area contributed by atoms with E-state index in [1.807, 2.05) is 13.8 Å². The number of carbonyl (C=O) groups excluding carboxylic acids is 1. The molecule has 2 N–H and O–H groups in total. The highest BCUT2D eigenvalue weighted by Crippen LogP contribution is 2.23. The second kappa shape index (κ2) is 7.58. The zero-order valence-corrected chi connectivity index (χ0v) is 12.5. The molecule has 19 heavy (non-hydrogen) atoms. The molecule has 1 rings (SSSR count). The standard InChI is InChI=1S/C13H18Cl2N2O2/c1-9(2)16-13(19)17(5-6-18)8-10-3-4-11(14)12(15)7-10/h3-4,7,9,18H,5-6,8H2,1-2H3,(H,16,19). The van der Waals surface area contributed by atoms with E-state index >= 15 is 0 Å². The number of halogens is 2. The topological polar surface area (TPSA) is 52.6 Å². The highest BCUT2D eigenvalue weighted by Gasteiger charge is 2.14. The van der Waals surface area contributed by atoms with E-state index in [-0.39, 0.29) is 25.2 Å². The van der Waals surface area contributed by atoms with Crippen molar-refractivity contribution < 1.29 is 9.90 Å². The van der Waals surface area contributed by atoms with Gasteiger partial charge in [-0.25, -0.2) is 4.79 Å². The SMILES string of the molecule is CC(C)NC(=O)N(CCO)Cc1ccc(Cl)c(Cl)c1. The second-order valence-corrected chi connectivity index (χ2v) is 5.31. The van der Waals surface area contributed by atoms with E-state index < -0.39 is 0 Å². The van der Waals surface area contributed by atoms with Crippen LogP contribution in [-0.2, 0) is 6.54 Å². The molecule has 0 aromatic heterocycles. The minimum Gasteiger partial charge on any atom is -0.395 e. The summed E-state index contributed by atoms with van der Waals surface area (Å²) in [5, 5.41) is 12.7. The van der Waals surface area contributed by atoms with E-state index in [0.29, 0.717) is 16.6 Å². The number of amides is 2. The van der Waals surface area contributed by atoms with Crippen LogP contribution in [0.15, 0.2) is 18.2 Å². The van der Waals surface area contributed by atoms with Crippen LogP contribution in [0.5, 0.6) is 0 Å². The van der Waals surface area contributed by atoms with Crippen molar-refractivity contribution in [2.75, 3.05) is 13.2 Å². The minimum atomic E-state index is -0.213. The molecule has 0 radical (unpaired) electrons. The number of hydrogen-bond acceptors (Lipinski definition) is 2. The van der Waals surface area contributed by atoms with Gasteiger partial charge < -0.3 is 15.3 Å². The number of rotatable bonds is 5. The Labute approximate surface area is 123 Å². The van der Waals surface area contributed by atoms with Crippen molar-refractivity contribution in [3.8, 4) is 0 Å². The van der Waals surface area contributed by atoms with Crippen LogP contribution >= 0.6 is 23.2 Å². The summed E-state index contributed by atoms with van der Waals surface area (Å²) in [6.45, 7) is 4.31. The molecule has 0 atom stereocenters. The summed E-state index contributed by atoms with van der Waals surface area (Å²) in [4.78, 5) is 13.5. The number of nitrogens with zero attached hydrogens (tertiary/aromatic N) is 1. The van der Waals surface area contributed by atoms with E-state index in [0.717, 1.165) is 5.56 Å². The van der Waals surface area contributed by atoms with Crippen LogP contribution in [0.4, 0.5) is 4.79 Å². The van der Waals surface area contributed by atoms with E-state index in [1.165, 1.54) is 4.90 Å². The van der Waals surface area contributed by atoms with Crippen LogP contribution < -0.4 is 5.32 Å². The average Bonchev–Trinajstić information content (AvgIpc) is 2.32. The van der Waals surface area contributed by atoms with Crippen molar-refractivity contribution in [1.29, 1.82) is 0 Å². The van der Waals surface area contributed by atoms with Crippen LogP contribution in [0.2, 0.25) is 10.0 Å². The molecule has 0 aliphatic rings. The maximum atomic E-state index is 11.9. The lowest BCUT2D eigenvalue weighted by molar-refractivity contribution is 0.172. The van der Waals surface area contributed by atoms with E-state index in [9.17, 15) is 4.79 Å². The van der Waals surface area contributed by atoms with Crippen LogP contribution in [0.1, 0.15) is 19.4 Å². The number of nitrogens with one attached hydrogen (secondary N) is 1. The summed E-state index contributed by atoms with van der Waals surface area (Å²) in [5.41, 5.74) is 0.863. The van der Waals surface area contributed by atoms with Gasteiger partial charge in [-0.05, 0) is 31.5 Å². The Morgan fingerprint density at radius 1 is 1.37 bits per heavy atom. The van der Waals surface area contributed by atoms with Crippen LogP contribution in [0, 0.1) is 0 Å². The lowest BCUT2D eigenvalue weighted by Gasteiger charge is -2.23. The molecule has 0 heterocycles. The summed E-state index contributed by atoms with van der Waals surface area (Å²) in [7, 11) is 0. The van der Waals surface area contributed by atoms with E-state index in [2.05, 4.69) is 5.32 Å². The van der Waals surface area contributed by atoms with Gasteiger partial charge in [0.1, 0.15) is 0 Å². The second-order valence-electron chi connectivity index (χ2n) is 4.50. The summed E-state index contributed by atoms with van der Waals surface area (Å²) < 4.78 is 0. The molecule has 0 bridgehead atoms. The molecule has 4 nitrogen and oxygen atoms in total. The Bertz CT molecular complexity index is 439. The van der Waals surface area contributed by atoms with Gasteiger partial charge in [-0.3, -0.25) is 0 Å². The van der Waals surface area contributed by atoms with Crippen LogP contribution in [-0.4, -0.2) is 35.2 Å². The maximum absolute atomic E-state index is 11.9. The fourth-order valence-electron chi connectivity index (χ4n) is 1.57. The molecule has 1 aromatic carbocycles. The van der Waals surface area contributed by atoms with Crippen molar-refractivity contribution >= 4 is 29.2 Å². The molecular weight excluding hydrogens is 287 g/mol. The van der Waals surface area contributed by atoms with Gasteiger partial charge in [0.2, 0.25) is 0 Å².